The smallest absolute Gasteiger partial charge is 0.333 e. The van der Waals surface area contributed by atoms with E-state index in [-0.39, 0.29) is 12.7 Å². The minimum atomic E-state index is -0.952. The van der Waals surface area contributed by atoms with Crippen LogP contribution in [0.25, 0.3) is 0 Å². The summed E-state index contributed by atoms with van der Waals surface area (Å²) >= 11 is 0. The van der Waals surface area contributed by atoms with Crippen LogP contribution in [0, 0.1) is 0 Å². The molecule has 2 atom stereocenters. The van der Waals surface area contributed by atoms with Crippen molar-refractivity contribution in [1.29, 1.82) is 0 Å². The van der Waals surface area contributed by atoms with Gasteiger partial charge < -0.3 is 24.3 Å². The van der Waals surface area contributed by atoms with E-state index in [1.165, 1.54) is 14.2 Å². The average molecular weight is 323 g/mol. The molecule has 1 aliphatic heterocycles. The van der Waals surface area contributed by atoms with Crippen LogP contribution in [0.3, 0.4) is 0 Å². The van der Waals surface area contributed by atoms with Crippen LogP contribution in [-0.4, -0.2) is 52.0 Å². The highest BCUT2D eigenvalue weighted by atomic mass is 16.5. The molecule has 1 aromatic carbocycles. The van der Waals surface area contributed by atoms with Crippen molar-refractivity contribution in [2.24, 2.45) is 0 Å². The third kappa shape index (κ3) is 4.67. The molecule has 2 rings (SSSR count). The van der Waals surface area contributed by atoms with Gasteiger partial charge in [-0.1, -0.05) is 18.2 Å². The molecule has 1 N–H and O–H groups in total. The van der Waals surface area contributed by atoms with Crippen molar-refractivity contribution in [3.8, 4) is 5.75 Å². The summed E-state index contributed by atoms with van der Waals surface area (Å²) in [4.78, 5) is 24.1. The summed E-state index contributed by atoms with van der Waals surface area (Å²) in [5, 5.41) is 2.62. The maximum atomic E-state index is 12.1. The van der Waals surface area contributed by atoms with Gasteiger partial charge in [0.1, 0.15) is 12.4 Å². The Hall–Kier alpha value is -2.12. The number of carbonyl (C=O) groups is 2. The predicted molar refractivity (Wildman–Crippen MR) is 81.1 cm³/mol. The highest BCUT2D eigenvalue weighted by Gasteiger charge is 2.27. The van der Waals surface area contributed by atoms with E-state index in [4.69, 9.17) is 18.9 Å². The van der Waals surface area contributed by atoms with E-state index in [0.717, 1.165) is 6.42 Å². The highest BCUT2D eigenvalue weighted by Crippen LogP contribution is 2.25. The summed E-state index contributed by atoms with van der Waals surface area (Å²) in [6, 6.07) is 6.00. The van der Waals surface area contributed by atoms with Crippen molar-refractivity contribution in [2.45, 2.75) is 18.6 Å². The molecule has 23 heavy (non-hydrogen) atoms. The summed E-state index contributed by atoms with van der Waals surface area (Å²) in [5.74, 6) is -0.487. The first-order chi connectivity index (χ1) is 11.2. The zero-order valence-corrected chi connectivity index (χ0v) is 13.2. The largest absolute Gasteiger partial charge is 0.496 e. The molecule has 0 aromatic heterocycles. The fourth-order valence-corrected chi connectivity index (χ4v) is 2.33. The number of rotatable bonds is 7. The van der Waals surface area contributed by atoms with Crippen molar-refractivity contribution in [1.82, 2.24) is 5.32 Å². The van der Waals surface area contributed by atoms with E-state index in [0.29, 0.717) is 24.5 Å². The number of ether oxygens (including phenoxy) is 4. The number of amides is 1. The molecule has 0 saturated carbocycles. The van der Waals surface area contributed by atoms with Crippen LogP contribution in [0.4, 0.5) is 0 Å². The number of carbonyl (C=O) groups excluding carboxylic acids is 2. The zero-order chi connectivity index (χ0) is 16.7. The average Bonchev–Trinajstić information content (AvgIpc) is 3.10. The molecule has 0 radical (unpaired) electrons. The van der Waals surface area contributed by atoms with E-state index >= 15 is 0 Å². The summed E-state index contributed by atoms with van der Waals surface area (Å²) < 4.78 is 20.6. The highest BCUT2D eigenvalue weighted by molar-refractivity contribution is 5.86. The Morgan fingerprint density at radius 1 is 1.35 bits per heavy atom. The van der Waals surface area contributed by atoms with Gasteiger partial charge in [0.25, 0.3) is 0 Å². The molecule has 1 aliphatic rings. The molecule has 126 valence electrons. The second-order valence-electron chi connectivity index (χ2n) is 5.06. The maximum absolute atomic E-state index is 12.1. The lowest BCUT2D eigenvalue weighted by Gasteiger charge is -2.19. The van der Waals surface area contributed by atoms with E-state index in [9.17, 15) is 9.59 Å². The first-order valence-corrected chi connectivity index (χ1v) is 7.35. The molecule has 0 spiro atoms. The standard InChI is InChI=1S/C16H21NO6/c1-20-13-6-4-3-5-12(13)15(16(19)21-2)17-14(18)10-23-11-7-8-22-9-11/h3-6,11,15H,7-10H2,1-2H3,(H,17,18)/t11-,15?/m0/s1. The fourth-order valence-electron chi connectivity index (χ4n) is 2.33. The molecule has 7 heteroatoms. The minimum Gasteiger partial charge on any atom is -0.496 e. The van der Waals surface area contributed by atoms with Crippen LogP contribution in [0.1, 0.15) is 18.0 Å². The van der Waals surface area contributed by atoms with Gasteiger partial charge in [-0.15, -0.1) is 0 Å². The van der Waals surface area contributed by atoms with E-state index in [1.807, 2.05) is 0 Å². The van der Waals surface area contributed by atoms with Gasteiger partial charge in [0.05, 0.1) is 26.9 Å². The second kappa shape index (κ2) is 8.50. The van der Waals surface area contributed by atoms with Crippen molar-refractivity contribution < 1.29 is 28.5 Å². The molecule has 1 amide bonds. The molecular formula is C16H21NO6. The third-order valence-electron chi connectivity index (χ3n) is 3.53. The summed E-state index contributed by atoms with van der Waals surface area (Å²) in [6.45, 7) is 0.981. The molecule has 7 nitrogen and oxygen atoms in total. The van der Waals surface area contributed by atoms with Crippen LogP contribution in [-0.2, 0) is 23.8 Å². The van der Waals surface area contributed by atoms with Crippen LogP contribution in [0.15, 0.2) is 24.3 Å². The number of methoxy groups -OCH3 is 2. The molecular weight excluding hydrogens is 302 g/mol. The number of hydrogen-bond donors (Lipinski definition) is 1. The van der Waals surface area contributed by atoms with Crippen molar-refractivity contribution in [3.05, 3.63) is 29.8 Å². The van der Waals surface area contributed by atoms with E-state index in [1.54, 1.807) is 24.3 Å². The minimum absolute atomic E-state index is 0.0800. The molecule has 1 saturated heterocycles. The number of hydrogen-bond acceptors (Lipinski definition) is 6. The topological polar surface area (TPSA) is 83.1 Å². The molecule has 0 aliphatic carbocycles. The van der Waals surface area contributed by atoms with Gasteiger partial charge in [-0.2, -0.15) is 0 Å². The Bertz CT molecular complexity index is 541. The predicted octanol–water partition coefficient (Wildman–Crippen LogP) is 0.831. The monoisotopic (exact) mass is 323 g/mol. The van der Waals surface area contributed by atoms with Crippen LogP contribution < -0.4 is 10.1 Å². The third-order valence-corrected chi connectivity index (χ3v) is 3.53. The summed E-state index contributed by atoms with van der Waals surface area (Å²) in [7, 11) is 2.77. The Morgan fingerprint density at radius 3 is 2.78 bits per heavy atom. The van der Waals surface area contributed by atoms with Crippen LogP contribution in [0.2, 0.25) is 0 Å². The van der Waals surface area contributed by atoms with E-state index < -0.39 is 17.9 Å². The van der Waals surface area contributed by atoms with Gasteiger partial charge in [-0.25, -0.2) is 4.79 Å². The van der Waals surface area contributed by atoms with Gasteiger partial charge in [0, 0.05) is 12.2 Å². The van der Waals surface area contributed by atoms with Gasteiger partial charge in [0.15, 0.2) is 6.04 Å². The SMILES string of the molecule is COC(=O)C(NC(=O)CO[C@H]1CCOC1)c1ccccc1OC. The Morgan fingerprint density at radius 2 is 2.13 bits per heavy atom. The number of para-hydroxylation sites is 1. The lowest BCUT2D eigenvalue weighted by Crippen LogP contribution is -2.37. The van der Waals surface area contributed by atoms with Gasteiger partial charge in [0.2, 0.25) is 5.91 Å². The van der Waals surface area contributed by atoms with Crippen LogP contribution in [0.5, 0.6) is 5.75 Å². The normalized spacial score (nSPS) is 18.3. The van der Waals surface area contributed by atoms with Crippen molar-refractivity contribution in [2.75, 3.05) is 34.0 Å². The van der Waals surface area contributed by atoms with Crippen molar-refractivity contribution in [3.63, 3.8) is 0 Å². The quantitative estimate of drug-likeness (QED) is 0.749. The summed E-state index contributed by atoms with van der Waals surface area (Å²) in [5.41, 5.74) is 0.527. The number of nitrogens with one attached hydrogen (secondary N) is 1. The maximum Gasteiger partial charge on any atom is 0.333 e. The van der Waals surface area contributed by atoms with Gasteiger partial charge >= 0.3 is 5.97 Å². The van der Waals surface area contributed by atoms with Gasteiger partial charge in [-0.3, -0.25) is 4.79 Å². The molecule has 0 bridgehead atoms. The molecule has 1 aromatic rings. The number of esters is 1. The van der Waals surface area contributed by atoms with Crippen LogP contribution >= 0.6 is 0 Å². The Labute approximate surface area is 134 Å². The Kier molecular flexibility index (Phi) is 6.37. The first-order valence-electron chi connectivity index (χ1n) is 7.35. The summed E-state index contributed by atoms with van der Waals surface area (Å²) in [6.07, 6.45) is 0.684. The van der Waals surface area contributed by atoms with Crippen molar-refractivity contribution >= 4 is 11.9 Å². The molecule has 1 unspecified atom stereocenters. The first kappa shape index (κ1) is 17.2. The fraction of sp³-hybridized carbons (Fsp3) is 0.500. The zero-order valence-electron chi connectivity index (χ0n) is 13.2. The lowest BCUT2D eigenvalue weighted by atomic mass is 10.1. The Balaban J connectivity index is 2.03. The van der Waals surface area contributed by atoms with E-state index in [2.05, 4.69) is 5.32 Å². The second-order valence-corrected chi connectivity index (χ2v) is 5.06. The molecule has 1 fully saturated rings. The lowest BCUT2D eigenvalue weighted by molar-refractivity contribution is -0.146. The molecule has 1 heterocycles. The number of benzene rings is 1. The van der Waals surface area contributed by atoms with Gasteiger partial charge in [-0.05, 0) is 12.5 Å².